The molecular formula is C19H28N2O2. The van der Waals surface area contributed by atoms with Crippen LogP contribution in [-0.4, -0.2) is 29.3 Å². The fourth-order valence-electron chi connectivity index (χ4n) is 2.87. The predicted molar refractivity (Wildman–Crippen MR) is 92.1 cm³/mol. The zero-order valence-electron chi connectivity index (χ0n) is 14.5. The summed E-state index contributed by atoms with van der Waals surface area (Å²) >= 11 is 0. The van der Waals surface area contributed by atoms with Gasteiger partial charge in [0.15, 0.2) is 0 Å². The molecule has 1 N–H and O–H groups in total. The van der Waals surface area contributed by atoms with E-state index in [9.17, 15) is 9.59 Å². The first kappa shape index (κ1) is 17.5. The maximum Gasteiger partial charge on any atom is 0.251 e. The first-order chi connectivity index (χ1) is 11.0. The number of carbonyl (C=O) groups is 2. The van der Waals surface area contributed by atoms with Crippen LogP contribution in [0.4, 0.5) is 0 Å². The Bertz CT molecular complexity index is 554. The van der Waals surface area contributed by atoms with Gasteiger partial charge in [0.25, 0.3) is 5.91 Å². The van der Waals surface area contributed by atoms with Crippen LogP contribution in [-0.2, 0) is 11.3 Å². The number of hydrogen-bond acceptors (Lipinski definition) is 2. The molecule has 0 radical (unpaired) electrons. The molecule has 126 valence electrons. The molecule has 1 saturated heterocycles. The average molecular weight is 316 g/mol. The Morgan fingerprint density at radius 1 is 1.26 bits per heavy atom. The molecule has 0 saturated carbocycles. The van der Waals surface area contributed by atoms with Crippen molar-refractivity contribution in [1.82, 2.24) is 10.2 Å². The Morgan fingerprint density at radius 2 is 2.04 bits per heavy atom. The predicted octanol–water partition coefficient (Wildman–Crippen LogP) is 3.36. The van der Waals surface area contributed by atoms with Gasteiger partial charge < -0.3 is 10.2 Å². The summed E-state index contributed by atoms with van der Waals surface area (Å²) in [6.45, 7) is 7.85. The highest BCUT2D eigenvalue weighted by atomic mass is 16.2. The number of amides is 2. The van der Waals surface area contributed by atoms with Crippen LogP contribution in [0.5, 0.6) is 0 Å². The number of benzene rings is 1. The molecule has 23 heavy (non-hydrogen) atoms. The summed E-state index contributed by atoms with van der Waals surface area (Å²) in [5.41, 5.74) is 1.69. The highest BCUT2D eigenvalue weighted by Gasteiger charge is 2.20. The van der Waals surface area contributed by atoms with Crippen molar-refractivity contribution in [3.05, 3.63) is 35.4 Å². The maximum atomic E-state index is 12.4. The minimum Gasteiger partial charge on any atom is -0.350 e. The smallest absolute Gasteiger partial charge is 0.251 e. The third kappa shape index (κ3) is 5.38. The van der Waals surface area contributed by atoms with Crippen molar-refractivity contribution in [3.63, 3.8) is 0 Å². The van der Waals surface area contributed by atoms with Crippen molar-refractivity contribution in [2.45, 2.75) is 59.0 Å². The number of rotatable bonds is 7. The lowest BCUT2D eigenvalue weighted by Gasteiger charge is -2.17. The van der Waals surface area contributed by atoms with Crippen molar-refractivity contribution in [2.75, 3.05) is 6.54 Å². The Labute approximate surface area is 139 Å². The van der Waals surface area contributed by atoms with Crippen molar-refractivity contribution < 1.29 is 9.59 Å². The van der Waals surface area contributed by atoms with E-state index in [0.717, 1.165) is 31.4 Å². The molecular weight excluding hydrogens is 288 g/mol. The lowest BCUT2D eigenvalue weighted by molar-refractivity contribution is -0.128. The van der Waals surface area contributed by atoms with Gasteiger partial charge in [0.1, 0.15) is 0 Å². The van der Waals surface area contributed by atoms with Gasteiger partial charge in [0.2, 0.25) is 5.91 Å². The summed E-state index contributed by atoms with van der Waals surface area (Å²) in [5.74, 6) is 0.827. The van der Waals surface area contributed by atoms with Gasteiger partial charge in [0, 0.05) is 31.1 Å². The molecule has 0 aliphatic carbocycles. The summed E-state index contributed by atoms with van der Waals surface area (Å²) < 4.78 is 0. The summed E-state index contributed by atoms with van der Waals surface area (Å²) in [6.07, 6.45) is 3.68. The maximum absolute atomic E-state index is 12.4. The monoisotopic (exact) mass is 316 g/mol. The van der Waals surface area contributed by atoms with E-state index in [0.29, 0.717) is 24.4 Å². The summed E-state index contributed by atoms with van der Waals surface area (Å²) in [6, 6.07) is 7.78. The highest BCUT2D eigenvalue weighted by molar-refractivity contribution is 5.94. The van der Waals surface area contributed by atoms with Crippen LogP contribution < -0.4 is 5.32 Å². The van der Waals surface area contributed by atoms with Gasteiger partial charge in [-0.3, -0.25) is 9.59 Å². The van der Waals surface area contributed by atoms with E-state index >= 15 is 0 Å². The molecule has 4 nitrogen and oxygen atoms in total. The highest BCUT2D eigenvalue weighted by Crippen LogP contribution is 2.15. The molecule has 1 fully saturated rings. The molecule has 2 amide bonds. The largest absolute Gasteiger partial charge is 0.350 e. The number of nitrogens with one attached hydrogen (secondary N) is 1. The second-order valence-electron chi connectivity index (χ2n) is 6.96. The molecule has 1 aliphatic rings. The van der Waals surface area contributed by atoms with Crippen molar-refractivity contribution in [1.29, 1.82) is 0 Å². The van der Waals surface area contributed by atoms with E-state index in [1.54, 1.807) is 0 Å². The molecule has 1 aromatic carbocycles. The SMILES string of the molecule is CC(C)CCC(C)NC(=O)c1cccc(CN2CCCC2=O)c1. The quantitative estimate of drug-likeness (QED) is 0.838. The van der Waals surface area contributed by atoms with E-state index in [1.165, 1.54) is 0 Å². The molecule has 2 rings (SSSR count). The third-order valence-corrected chi connectivity index (χ3v) is 4.29. The fraction of sp³-hybridized carbons (Fsp3) is 0.579. The van der Waals surface area contributed by atoms with Gasteiger partial charge in [-0.15, -0.1) is 0 Å². The standard InChI is InChI=1S/C19H28N2O2/c1-14(2)9-10-15(3)20-19(23)17-7-4-6-16(12-17)13-21-11-5-8-18(21)22/h4,6-7,12,14-15H,5,8-11,13H2,1-3H3,(H,20,23). The molecule has 1 aliphatic heterocycles. The zero-order valence-corrected chi connectivity index (χ0v) is 14.5. The first-order valence-electron chi connectivity index (χ1n) is 8.63. The van der Waals surface area contributed by atoms with Gasteiger partial charge >= 0.3 is 0 Å². The summed E-state index contributed by atoms with van der Waals surface area (Å²) in [7, 11) is 0. The summed E-state index contributed by atoms with van der Waals surface area (Å²) in [4.78, 5) is 25.9. The van der Waals surface area contributed by atoms with E-state index in [2.05, 4.69) is 19.2 Å². The second kappa shape index (κ2) is 8.14. The van der Waals surface area contributed by atoms with Gasteiger partial charge in [0.05, 0.1) is 0 Å². The number of carbonyl (C=O) groups excluding carboxylic acids is 2. The topological polar surface area (TPSA) is 49.4 Å². The number of hydrogen-bond donors (Lipinski definition) is 1. The normalized spacial score (nSPS) is 16.0. The van der Waals surface area contributed by atoms with Crippen molar-refractivity contribution in [3.8, 4) is 0 Å². The van der Waals surface area contributed by atoms with Crippen molar-refractivity contribution >= 4 is 11.8 Å². The first-order valence-corrected chi connectivity index (χ1v) is 8.63. The van der Waals surface area contributed by atoms with E-state index < -0.39 is 0 Å². The average Bonchev–Trinajstić information content (AvgIpc) is 2.90. The van der Waals surface area contributed by atoms with Gasteiger partial charge in [-0.1, -0.05) is 26.0 Å². The lowest BCUT2D eigenvalue weighted by Crippen LogP contribution is -2.32. The second-order valence-corrected chi connectivity index (χ2v) is 6.96. The lowest BCUT2D eigenvalue weighted by atomic mass is 10.0. The molecule has 0 bridgehead atoms. The Morgan fingerprint density at radius 3 is 2.70 bits per heavy atom. The molecule has 1 aromatic rings. The molecule has 0 spiro atoms. The number of nitrogens with zero attached hydrogens (tertiary/aromatic N) is 1. The van der Waals surface area contributed by atoms with Crippen LogP contribution in [0.25, 0.3) is 0 Å². The van der Waals surface area contributed by atoms with Crippen LogP contribution in [0, 0.1) is 5.92 Å². The molecule has 1 heterocycles. The molecule has 4 heteroatoms. The van der Waals surface area contributed by atoms with Crippen LogP contribution in [0.2, 0.25) is 0 Å². The fourth-order valence-corrected chi connectivity index (χ4v) is 2.87. The molecule has 0 aromatic heterocycles. The van der Waals surface area contributed by atoms with E-state index in [-0.39, 0.29) is 17.9 Å². The Balaban J connectivity index is 1.93. The van der Waals surface area contributed by atoms with Gasteiger partial charge in [-0.05, 0) is 49.8 Å². The minimum atomic E-state index is -0.0316. The van der Waals surface area contributed by atoms with E-state index in [4.69, 9.17) is 0 Å². The third-order valence-electron chi connectivity index (χ3n) is 4.29. The van der Waals surface area contributed by atoms with Crippen molar-refractivity contribution in [2.24, 2.45) is 5.92 Å². The Hall–Kier alpha value is -1.84. The molecule has 1 unspecified atom stereocenters. The van der Waals surface area contributed by atoms with Crippen LogP contribution >= 0.6 is 0 Å². The number of likely N-dealkylation sites (tertiary alicyclic amines) is 1. The van der Waals surface area contributed by atoms with Gasteiger partial charge in [-0.2, -0.15) is 0 Å². The molecule has 1 atom stereocenters. The van der Waals surface area contributed by atoms with Crippen LogP contribution in [0.1, 0.15) is 62.4 Å². The van der Waals surface area contributed by atoms with Gasteiger partial charge in [-0.25, -0.2) is 0 Å². The van der Waals surface area contributed by atoms with E-state index in [1.807, 2.05) is 36.1 Å². The Kier molecular flexibility index (Phi) is 6.20. The summed E-state index contributed by atoms with van der Waals surface area (Å²) in [5, 5.41) is 3.06. The zero-order chi connectivity index (χ0) is 16.8. The van der Waals surface area contributed by atoms with Crippen LogP contribution in [0.15, 0.2) is 24.3 Å². The minimum absolute atomic E-state index is 0.0316. The van der Waals surface area contributed by atoms with Crippen LogP contribution in [0.3, 0.4) is 0 Å².